The van der Waals surface area contributed by atoms with Crippen LogP contribution in [0.1, 0.15) is 45.2 Å². The summed E-state index contributed by atoms with van der Waals surface area (Å²) in [6, 6.07) is 0. The minimum Gasteiger partial charge on any atom is -0.385 e. The lowest BCUT2D eigenvalue weighted by atomic mass is 9.88. The highest BCUT2D eigenvalue weighted by atomic mass is 32.1. The zero-order valence-electron chi connectivity index (χ0n) is 13.5. The number of nitrogens with zero attached hydrogens (tertiary/aromatic N) is 3. The molecule has 4 nitrogen and oxygen atoms in total. The van der Waals surface area contributed by atoms with Crippen molar-refractivity contribution >= 4 is 16.5 Å². The lowest BCUT2D eigenvalue weighted by Gasteiger charge is -2.32. The summed E-state index contributed by atoms with van der Waals surface area (Å²) in [5, 5.41) is 11.5. The fourth-order valence-corrected chi connectivity index (χ4v) is 3.69. The van der Waals surface area contributed by atoms with Gasteiger partial charge in [0, 0.05) is 31.6 Å². The van der Waals surface area contributed by atoms with E-state index < -0.39 is 5.60 Å². The van der Waals surface area contributed by atoms with E-state index in [1.54, 1.807) is 11.3 Å². The van der Waals surface area contributed by atoms with Crippen LogP contribution in [0, 0.1) is 0 Å². The molecule has 0 aliphatic carbocycles. The number of hydrogen-bond acceptors (Lipinski definition) is 5. The first kappa shape index (κ1) is 15.7. The first-order chi connectivity index (χ1) is 9.09. The molecule has 1 aromatic rings. The summed E-state index contributed by atoms with van der Waals surface area (Å²) in [5.41, 5.74) is 0.158. The van der Waals surface area contributed by atoms with Crippen molar-refractivity contribution < 1.29 is 5.11 Å². The van der Waals surface area contributed by atoms with Gasteiger partial charge in [0.05, 0.1) is 16.2 Å². The van der Waals surface area contributed by atoms with Gasteiger partial charge < -0.3 is 14.9 Å². The van der Waals surface area contributed by atoms with E-state index >= 15 is 0 Å². The van der Waals surface area contributed by atoms with Gasteiger partial charge in [-0.25, -0.2) is 4.98 Å². The molecule has 5 heteroatoms. The Morgan fingerprint density at radius 3 is 2.00 bits per heavy atom. The smallest absolute Gasteiger partial charge is 0.185 e. The van der Waals surface area contributed by atoms with E-state index in [0.29, 0.717) is 0 Å². The molecule has 1 saturated heterocycles. The van der Waals surface area contributed by atoms with Crippen LogP contribution < -0.4 is 4.90 Å². The van der Waals surface area contributed by atoms with Gasteiger partial charge >= 0.3 is 0 Å². The maximum Gasteiger partial charge on any atom is 0.185 e. The van der Waals surface area contributed by atoms with Crippen LogP contribution in [0.15, 0.2) is 0 Å². The average molecular weight is 297 g/mol. The molecule has 0 saturated carbocycles. The summed E-state index contributed by atoms with van der Waals surface area (Å²) in [4.78, 5) is 10.5. The number of aromatic nitrogens is 1. The highest BCUT2D eigenvalue weighted by molar-refractivity contribution is 7.15. The number of rotatable bonds is 2. The van der Waals surface area contributed by atoms with Gasteiger partial charge in [0.25, 0.3) is 0 Å². The molecule has 1 aromatic heterocycles. The van der Waals surface area contributed by atoms with E-state index in [1.807, 2.05) is 13.8 Å². The van der Waals surface area contributed by atoms with Crippen molar-refractivity contribution in [1.29, 1.82) is 0 Å². The first-order valence-electron chi connectivity index (χ1n) is 7.26. The Balaban J connectivity index is 2.35. The van der Waals surface area contributed by atoms with E-state index in [9.17, 15) is 5.11 Å². The molecule has 0 bridgehead atoms. The Kier molecular flexibility index (Phi) is 4.15. The second kappa shape index (κ2) is 5.28. The maximum atomic E-state index is 10.4. The molecule has 1 aliphatic heterocycles. The lowest BCUT2D eigenvalue weighted by molar-refractivity contribution is 0.0803. The molecule has 0 spiro atoms. The largest absolute Gasteiger partial charge is 0.385 e. The third kappa shape index (κ3) is 3.32. The molecule has 2 heterocycles. The van der Waals surface area contributed by atoms with Crippen LogP contribution in [0.3, 0.4) is 0 Å². The molecule has 0 atom stereocenters. The third-order valence-electron chi connectivity index (χ3n) is 3.66. The van der Waals surface area contributed by atoms with Crippen molar-refractivity contribution in [3.63, 3.8) is 0 Å². The van der Waals surface area contributed by atoms with Gasteiger partial charge in [-0.05, 0) is 20.9 Å². The van der Waals surface area contributed by atoms with Gasteiger partial charge in [-0.3, -0.25) is 0 Å². The van der Waals surface area contributed by atoms with Crippen molar-refractivity contribution in [3.05, 3.63) is 10.6 Å². The van der Waals surface area contributed by atoms with Crippen LogP contribution in [0.4, 0.5) is 5.13 Å². The van der Waals surface area contributed by atoms with Crippen LogP contribution in [0.5, 0.6) is 0 Å². The Morgan fingerprint density at radius 1 is 1.05 bits per heavy atom. The highest BCUT2D eigenvalue weighted by Gasteiger charge is 2.32. The normalized spacial score (nSPS) is 18.6. The molecule has 1 N–H and O–H groups in total. The molecular formula is C15H27N3OS. The SMILES string of the molecule is CN1CCN(c2nc(C(C)(C)C)c(C(C)(C)O)s2)CC1. The maximum absolute atomic E-state index is 10.4. The summed E-state index contributed by atoms with van der Waals surface area (Å²) in [5.74, 6) is 0. The fraction of sp³-hybridized carbons (Fsp3) is 0.800. The second-order valence-electron chi connectivity index (χ2n) is 7.27. The van der Waals surface area contributed by atoms with Gasteiger partial charge in [-0.2, -0.15) is 0 Å². The van der Waals surface area contributed by atoms with E-state index in [-0.39, 0.29) is 5.41 Å². The molecule has 114 valence electrons. The standard InChI is InChI=1S/C15H27N3OS/c1-14(2,3)11-12(15(4,5)19)20-13(16-11)18-9-7-17(6)8-10-18/h19H,7-10H2,1-6H3. The zero-order chi connectivity index (χ0) is 15.1. The average Bonchev–Trinajstić information content (AvgIpc) is 2.74. The predicted molar refractivity (Wildman–Crippen MR) is 85.8 cm³/mol. The third-order valence-corrected chi connectivity index (χ3v) is 5.08. The Morgan fingerprint density at radius 2 is 1.60 bits per heavy atom. The Labute approximate surface area is 126 Å². The molecule has 0 radical (unpaired) electrons. The summed E-state index contributed by atoms with van der Waals surface area (Å²) in [6.07, 6.45) is 0. The van der Waals surface area contributed by atoms with Crippen molar-refractivity contribution in [1.82, 2.24) is 9.88 Å². The molecular weight excluding hydrogens is 270 g/mol. The monoisotopic (exact) mass is 297 g/mol. The molecule has 0 aromatic carbocycles. The molecule has 1 fully saturated rings. The number of hydrogen-bond donors (Lipinski definition) is 1. The second-order valence-corrected chi connectivity index (χ2v) is 8.25. The highest BCUT2D eigenvalue weighted by Crippen LogP contribution is 2.39. The number of likely N-dealkylation sites (N-methyl/N-ethyl adjacent to an activating group) is 1. The van der Waals surface area contributed by atoms with Crippen LogP contribution in [0.2, 0.25) is 0 Å². The van der Waals surface area contributed by atoms with Gasteiger partial charge in [-0.1, -0.05) is 32.1 Å². The van der Waals surface area contributed by atoms with Crippen LogP contribution in [-0.2, 0) is 11.0 Å². The first-order valence-corrected chi connectivity index (χ1v) is 8.08. The Hall–Kier alpha value is -0.650. The van der Waals surface area contributed by atoms with E-state index in [1.165, 1.54) is 0 Å². The summed E-state index contributed by atoms with van der Waals surface area (Å²) < 4.78 is 0. The molecule has 0 amide bonds. The number of aliphatic hydroxyl groups is 1. The van der Waals surface area contributed by atoms with Gasteiger partial charge in [0.15, 0.2) is 5.13 Å². The van der Waals surface area contributed by atoms with Crippen molar-refractivity contribution in [2.75, 3.05) is 38.1 Å². The fourth-order valence-electron chi connectivity index (χ4n) is 2.36. The van der Waals surface area contributed by atoms with Crippen molar-refractivity contribution in [3.8, 4) is 0 Å². The van der Waals surface area contributed by atoms with Crippen LogP contribution in [0.25, 0.3) is 0 Å². The number of piperazine rings is 1. The molecule has 2 rings (SSSR count). The van der Waals surface area contributed by atoms with E-state index in [0.717, 1.165) is 41.9 Å². The van der Waals surface area contributed by atoms with Crippen molar-refractivity contribution in [2.24, 2.45) is 0 Å². The minimum atomic E-state index is -0.828. The summed E-state index contributed by atoms with van der Waals surface area (Å²) >= 11 is 1.65. The Bertz CT molecular complexity index is 431. The van der Waals surface area contributed by atoms with Gasteiger partial charge in [0.1, 0.15) is 0 Å². The summed E-state index contributed by atoms with van der Waals surface area (Å²) in [7, 11) is 2.15. The topological polar surface area (TPSA) is 39.6 Å². The number of thiazole rings is 1. The van der Waals surface area contributed by atoms with E-state index in [2.05, 4.69) is 37.6 Å². The molecule has 20 heavy (non-hydrogen) atoms. The quantitative estimate of drug-likeness (QED) is 0.910. The van der Waals surface area contributed by atoms with Crippen molar-refractivity contribution in [2.45, 2.75) is 45.6 Å². The van der Waals surface area contributed by atoms with Gasteiger partial charge in [-0.15, -0.1) is 0 Å². The summed E-state index contributed by atoms with van der Waals surface area (Å²) in [6.45, 7) is 14.3. The predicted octanol–water partition coefficient (Wildman–Crippen LogP) is 2.42. The zero-order valence-corrected chi connectivity index (χ0v) is 14.3. The minimum absolute atomic E-state index is 0.0450. The van der Waals surface area contributed by atoms with Gasteiger partial charge in [0.2, 0.25) is 0 Å². The molecule has 0 unspecified atom stereocenters. The van der Waals surface area contributed by atoms with E-state index in [4.69, 9.17) is 4.98 Å². The number of anilines is 1. The lowest BCUT2D eigenvalue weighted by Crippen LogP contribution is -2.44. The van der Waals surface area contributed by atoms with Crippen LogP contribution >= 0.6 is 11.3 Å². The molecule has 1 aliphatic rings. The van der Waals surface area contributed by atoms with Crippen LogP contribution in [-0.4, -0.2) is 48.2 Å².